The van der Waals surface area contributed by atoms with Crippen LogP contribution in [0.15, 0.2) is 30.9 Å². The largest absolute Gasteiger partial charge is 0.381 e. The van der Waals surface area contributed by atoms with E-state index in [9.17, 15) is 13.9 Å². The van der Waals surface area contributed by atoms with E-state index in [-0.39, 0.29) is 12.1 Å². The minimum absolute atomic E-state index is 0.0126. The molecule has 1 aromatic carbocycles. The predicted octanol–water partition coefficient (Wildman–Crippen LogP) is 0.381. The Balaban J connectivity index is 2.39. The van der Waals surface area contributed by atoms with Crippen molar-refractivity contribution in [3.05, 3.63) is 48.1 Å². The smallest absolute Gasteiger partial charge is 0.137 e. The third-order valence-electron chi connectivity index (χ3n) is 3.58. The summed E-state index contributed by atoms with van der Waals surface area (Å²) in [5, 5.41) is 18.0. The van der Waals surface area contributed by atoms with Crippen LogP contribution in [0.1, 0.15) is 12.5 Å². The van der Waals surface area contributed by atoms with Crippen LogP contribution in [0, 0.1) is 11.6 Å². The summed E-state index contributed by atoms with van der Waals surface area (Å²) in [4.78, 5) is 3.80. The molecule has 120 valence electrons. The van der Waals surface area contributed by atoms with Gasteiger partial charge >= 0.3 is 0 Å². The van der Waals surface area contributed by atoms with Crippen LogP contribution < -0.4 is 11.1 Å². The zero-order chi connectivity index (χ0) is 16.2. The van der Waals surface area contributed by atoms with Crippen molar-refractivity contribution in [1.82, 2.24) is 20.1 Å². The molecule has 0 saturated heterocycles. The van der Waals surface area contributed by atoms with Crippen molar-refractivity contribution < 1.29 is 13.9 Å². The molecule has 0 unspecified atom stereocenters. The first-order valence-electron chi connectivity index (χ1n) is 6.91. The summed E-state index contributed by atoms with van der Waals surface area (Å²) in [6.45, 7) is 2.49. The molecule has 0 fully saturated rings. The van der Waals surface area contributed by atoms with Gasteiger partial charge in [0.15, 0.2) is 0 Å². The molecule has 0 aliphatic heterocycles. The molecule has 0 aliphatic rings. The summed E-state index contributed by atoms with van der Waals surface area (Å²) in [5.74, 6) is -1.52. The van der Waals surface area contributed by atoms with Gasteiger partial charge in [0.05, 0.1) is 6.54 Å². The van der Waals surface area contributed by atoms with E-state index in [2.05, 4.69) is 15.4 Å². The van der Waals surface area contributed by atoms with E-state index in [0.29, 0.717) is 13.1 Å². The van der Waals surface area contributed by atoms with Gasteiger partial charge in [-0.25, -0.2) is 18.4 Å². The summed E-state index contributed by atoms with van der Waals surface area (Å²) in [7, 11) is 0. The Labute approximate surface area is 127 Å². The minimum atomic E-state index is -1.64. The van der Waals surface area contributed by atoms with Crippen molar-refractivity contribution in [2.45, 2.75) is 25.1 Å². The normalized spacial score (nSPS) is 15.5. The van der Waals surface area contributed by atoms with E-state index in [1.165, 1.54) is 23.4 Å². The van der Waals surface area contributed by atoms with Crippen LogP contribution in [0.3, 0.4) is 0 Å². The fourth-order valence-corrected chi connectivity index (χ4v) is 2.33. The second-order valence-electron chi connectivity index (χ2n) is 5.11. The van der Waals surface area contributed by atoms with Gasteiger partial charge in [-0.2, -0.15) is 5.10 Å². The lowest BCUT2D eigenvalue weighted by molar-refractivity contribution is -0.0197. The van der Waals surface area contributed by atoms with Crippen molar-refractivity contribution >= 4 is 0 Å². The molecule has 0 spiro atoms. The topological polar surface area (TPSA) is 89.0 Å². The molecule has 4 N–H and O–H groups in total. The number of aliphatic hydroxyl groups is 1. The van der Waals surface area contributed by atoms with Gasteiger partial charge in [0.1, 0.15) is 29.9 Å². The molecule has 0 radical (unpaired) electrons. The molecule has 2 aromatic rings. The molecule has 0 amide bonds. The van der Waals surface area contributed by atoms with Gasteiger partial charge in [0.2, 0.25) is 0 Å². The van der Waals surface area contributed by atoms with E-state index in [1.54, 1.807) is 6.92 Å². The standard InChI is InChI=1S/C14H19F2N5O/c1-10(19-5-4-17)14(22,7-21-9-18-8-20-21)12-3-2-11(15)6-13(12)16/h2-3,6,8-10,19,22H,4-5,7,17H2,1H3/t10-,14-/m1/s1. The number of nitrogens with zero attached hydrogens (tertiary/aromatic N) is 3. The predicted molar refractivity (Wildman–Crippen MR) is 76.8 cm³/mol. The van der Waals surface area contributed by atoms with Crippen molar-refractivity contribution in [2.24, 2.45) is 5.73 Å². The lowest BCUT2D eigenvalue weighted by atomic mass is 9.86. The number of hydrogen-bond acceptors (Lipinski definition) is 5. The molecular weight excluding hydrogens is 292 g/mol. The monoisotopic (exact) mass is 311 g/mol. The molecule has 2 rings (SSSR count). The first-order chi connectivity index (χ1) is 10.5. The minimum Gasteiger partial charge on any atom is -0.381 e. The van der Waals surface area contributed by atoms with Crippen molar-refractivity contribution in [3.63, 3.8) is 0 Å². The molecule has 1 aromatic heterocycles. The fourth-order valence-electron chi connectivity index (χ4n) is 2.33. The average Bonchev–Trinajstić information content (AvgIpc) is 2.97. The highest BCUT2D eigenvalue weighted by Gasteiger charge is 2.38. The maximum atomic E-state index is 14.2. The summed E-state index contributed by atoms with van der Waals surface area (Å²) in [6, 6.07) is 2.56. The Kier molecular flexibility index (Phi) is 5.17. The number of aromatic nitrogens is 3. The van der Waals surface area contributed by atoms with Crippen molar-refractivity contribution in [3.8, 4) is 0 Å². The Morgan fingerprint density at radius 3 is 2.82 bits per heavy atom. The van der Waals surface area contributed by atoms with Gasteiger partial charge in [-0.1, -0.05) is 6.07 Å². The van der Waals surface area contributed by atoms with Gasteiger partial charge in [0.25, 0.3) is 0 Å². The van der Waals surface area contributed by atoms with E-state index in [0.717, 1.165) is 12.1 Å². The lowest BCUT2D eigenvalue weighted by Gasteiger charge is -2.35. The van der Waals surface area contributed by atoms with E-state index in [1.807, 2.05) is 0 Å². The van der Waals surface area contributed by atoms with Crippen LogP contribution in [0.25, 0.3) is 0 Å². The molecular formula is C14H19F2N5O. The Morgan fingerprint density at radius 2 is 2.23 bits per heavy atom. The molecule has 0 saturated carbocycles. The van der Waals surface area contributed by atoms with Crippen LogP contribution in [-0.2, 0) is 12.1 Å². The summed E-state index contributed by atoms with van der Waals surface area (Å²) >= 11 is 0. The van der Waals surface area contributed by atoms with Gasteiger partial charge in [-0.05, 0) is 13.0 Å². The maximum Gasteiger partial charge on any atom is 0.137 e. The van der Waals surface area contributed by atoms with Crippen LogP contribution in [0.2, 0.25) is 0 Å². The number of benzene rings is 1. The van der Waals surface area contributed by atoms with Crippen LogP contribution >= 0.6 is 0 Å². The van der Waals surface area contributed by atoms with Gasteiger partial charge < -0.3 is 16.2 Å². The zero-order valence-electron chi connectivity index (χ0n) is 12.2. The summed E-state index contributed by atoms with van der Waals surface area (Å²) in [5.41, 5.74) is 3.80. The molecule has 22 heavy (non-hydrogen) atoms. The molecule has 0 bridgehead atoms. The summed E-state index contributed by atoms with van der Waals surface area (Å²) in [6.07, 6.45) is 2.74. The molecule has 6 nitrogen and oxygen atoms in total. The SMILES string of the molecule is C[C@@H](NCCN)[C@](O)(Cn1cncn1)c1ccc(F)cc1F. The lowest BCUT2D eigenvalue weighted by Crippen LogP contribution is -2.51. The highest BCUT2D eigenvalue weighted by Crippen LogP contribution is 2.29. The van der Waals surface area contributed by atoms with Gasteiger partial charge in [-0.15, -0.1) is 0 Å². The molecule has 1 heterocycles. The van der Waals surface area contributed by atoms with E-state index in [4.69, 9.17) is 5.73 Å². The fraction of sp³-hybridized carbons (Fsp3) is 0.429. The first kappa shape index (κ1) is 16.5. The zero-order valence-corrected chi connectivity index (χ0v) is 12.2. The number of hydrogen-bond donors (Lipinski definition) is 3. The second kappa shape index (κ2) is 6.91. The maximum absolute atomic E-state index is 14.2. The van der Waals surface area contributed by atoms with Crippen molar-refractivity contribution in [2.75, 3.05) is 13.1 Å². The number of halogens is 2. The Morgan fingerprint density at radius 1 is 1.45 bits per heavy atom. The average molecular weight is 311 g/mol. The third-order valence-corrected chi connectivity index (χ3v) is 3.58. The highest BCUT2D eigenvalue weighted by molar-refractivity contribution is 5.27. The molecule has 2 atom stereocenters. The van der Waals surface area contributed by atoms with Gasteiger partial charge in [0, 0.05) is 30.8 Å². The molecule has 0 aliphatic carbocycles. The Hall–Kier alpha value is -1.90. The van der Waals surface area contributed by atoms with Gasteiger partial charge in [-0.3, -0.25) is 0 Å². The highest BCUT2D eigenvalue weighted by atomic mass is 19.1. The van der Waals surface area contributed by atoms with E-state index >= 15 is 0 Å². The van der Waals surface area contributed by atoms with Crippen LogP contribution in [0.5, 0.6) is 0 Å². The third kappa shape index (κ3) is 3.46. The number of rotatable bonds is 7. The Bertz CT molecular complexity index is 607. The van der Waals surface area contributed by atoms with Crippen LogP contribution in [0.4, 0.5) is 8.78 Å². The quantitative estimate of drug-likeness (QED) is 0.688. The van der Waals surface area contributed by atoms with Crippen molar-refractivity contribution in [1.29, 1.82) is 0 Å². The number of nitrogens with one attached hydrogen (secondary N) is 1. The summed E-state index contributed by atoms with van der Waals surface area (Å²) < 4.78 is 28.7. The first-order valence-corrected chi connectivity index (χ1v) is 6.91. The second-order valence-corrected chi connectivity index (χ2v) is 5.11. The molecule has 8 heteroatoms. The van der Waals surface area contributed by atoms with E-state index < -0.39 is 23.3 Å². The number of nitrogens with two attached hydrogens (primary N) is 1. The van der Waals surface area contributed by atoms with Crippen LogP contribution in [-0.4, -0.2) is 39.0 Å².